The predicted octanol–water partition coefficient (Wildman–Crippen LogP) is 3.55. The Labute approximate surface area is 128 Å². The third kappa shape index (κ3) is 9.12. The molecular formula is C18H26O3. The van der Waals surface area contributed by atoms with Gasteiger partial charge in [0.1, 0.15) is 12.4 Å². The molecule has 0 unspecified atom stereocenters. The van der Waals surface area contributed by atoms with E-state index in [0.717, 1.165) is 31.6 Å². The summed E-state index contributed by atoms with van der Waals surface area (Å²) in [5, 5.41) is 8.50. The third-order valence-corrected chi connectivity index (χ3v) is 3.22. The molecule has 0 amide bonds. The second kappa shape index (κ2) is 12.3. The minimum atomic E-state index is -0.0223. The fraction of sp³-hybridized carbons (Fsp3) is 0.556. The van der Waals surface area contributed by atoms with Crippen molar-refractivity contribution in [3.63, 3.8) is 0 Å². The van der Waals surface area contributed by atoms with E-state index in [1.165, 1.54) is 24.8 Å². The molecule has 0 aliphatic heterocycles. The van der Waals surface area contributed by atoms with Crippen molar-refractivity contribution in [3.05, 3.63) is 29.8 Å². The summed E-state index contributed by atoms with van der Waals surface area (Å²) in [5.74, 6) is 6.48. The maximum Gasteiger partial charge on any atom is 0.118 e. The molecule has 0 spiro atoms. The van der Waals surface area contributed by atoms with Crippen molar-refractivity contribution in [2.45, 2.75) is 45.1 Å². The smallest absolute Gasteiger partial charge is 0.118 e. The van der Waals surface area contributed by atoms with Gasteiger partial charge in [-0.2, -0.15) is 0 Å². The van der Waals surface area contributed by atoms with E-state index < -0.39 is 0 Å². The monoisotopic (exact) mass is 290 g/mol. The average molecular weight is 290 g/mol. The van der Waals surface area contributed by atoms with Gasteiger partial charge in [0.25, 0.3) is 0 Å². The molecule has 0 saturated heterocycles. The number of rotatable bonds is 10. The zero-order chi connectivity index (χ0) is 15.2. The lowest BCUT2D eigenvalue weighted by molar-refractivity contribution is 0.116. The van der Waals surface area contributed by atoms with Crippen LogP contribution in [0.2, 0.25) is 0 Å². The normalized spacial score (nSPS) is 10.0. The van der Waals surface area contributed by atoms with Crippen LogP contribution in [0.25, 0.3) is 0 Å². The zero-order valence-electron chi connectivity index (χ0n) is 12.9. The molecule has 1 N–H and O–H groups in total. The largest absolute Gasteiger partial charge is 0.497 e. The van der Waals surface area contributed by atoms with Gasteiger partial charge >= 0.3 is 0 Å². The average Bonchev–Trinajstić information content (AvgIpc) is 2.53. The Kier molecular flexibility index (Phi) is 10.2. The Bertz CT molecular complexity index is 414. The standard InChI is InChI=1S/C18H26O3/c1-20-18-12-10-17(11-13-18)16-21-15-9-7-5-3-2-4-6-8-14-19/h10-13,19H,2-5,7,9,14-16H2,1H3. The van der Waals surface area contributed by atoms with E-state index in [1.54, 1.807) is 7.11 Å². The number of unbranched alkanes of at least 4 members (excludes halogenated alkanes) is 5. The zero-order valence-corrected chi connectivity index (χ0v) is 12.9. The van der Waals surface area contributed by atoms with E-state index in [0.29, 0.717) is 6.61 Å². The first-order valence-electron chi connectivity index (χ1n) is 7.64. The van der Waals surface area contributed by atoms with Crippen LogP contribution in [0.4, 0.5) is 0 Å². The maximum absolute atomic E-state index is 8.50. The van der Waals surface area contributed by atoms with Crippen LogP contribution in [0.15, 0.2) is 24.3 Å². The van der Waals surface area contributed by atoms with Crippen molar-refractivity contribution in [1.29, 1.82) is 0 Å². The number of benzene rings is 1. The fourth-order valence-corrected chi connectivity index (χ4v) is 2.00. The van der Waals surface area contributed by atoms with Gasteiger partial charge in [0.2, 0.25) is 0 Å². The van der Waals surface area contributed by atoms with Gasteiger partial charge in [-0.25, -0.2) is 0 Å². The lowest BCUT2D eigenvalue weighted by Gasteiger charge is -2.05. The van der Waals surface area contributed by atoms with Gasteiger partial charge in [0.15, 0.2) is 0 Å². The second-order valence-corrected chi connectivity index (χ2v) is 4.93. The highest BCUT2D eigenvalue weighted by molar-refractivity contribution is 5.26. The Morgan fingerprint density at radius 2 is 1.67 bits per heavy atom. The van der Waals surface area contributed by atoms with Gasteiger partial charge in [-0.15, -0.1) is 5.92 Å². The first-order valence-corrected chi connectivity index (χ1v) is 7.64. The van der Waals surface area contributed by atoms with Crippen LogP contribution in [0, 0.1) is 11.8 Å². The van der Waals surface area contributed by atoms with Crippen molar-refractivity contribution < 1.29 is 14.6 Å². The van der Waals surface area contributed by atoms with Gasteiger partial charge in [-0.3, -0.25) is 0 Å². The van der Waals surface area contributed by atoms with E-state index in [1.807, 2.05) is 24.3 Å². The van der Waals surface area contributed by atoms with E-state index in [9.17, 15) is 0 Å². The maximum atomic E-state index is 8.50. The molecule has 0 saturated carbocycles. The van der Waals surface area contributed by atoms with Crippen molar-refractivity contribution in [1.82, 2.24) is 0 Å². The predicted molar refractivity (Wildman–Crippen MR) is 85.2 cm³/mol. The molecule has 0 fully saturated rings. The molecular weight excluding hydrogens is 264 g/mol. The number of methoxy groups -OCH3 is 1. The summed E-state index contributed by atoms with van der Waals surface area (Å²) in [4.78, 5) is 0. The summed E-state index contributed by atoms with van der Waals surface area (Å²) in [6.07, 6.45) is 6.77. The molecule has 3 heteroatoms. The van der Waals surface area contributed by atoms with Gasteiger partial charge in [-0.1, -0.05) is 37.3 Å². The molecule has 0 atom stereocenters. The number of aliphatic hydroxyl groups excluding tert-OH is 1. The topological polar surface area (TPSA) is 38.7 Å². The molecule has 0 aliphatic carbocycles. The lowest BCUT2D eigenvalue weighted by Crippen LogP contribution is -1.95. The van der Waals surface area contributed by atoms with Crippen LogP contribution in [0.1, 0.15) is 44.1 Å². The highest BCUT2D eigenvalue weighted by Crippen LogP contribution is 2.12. The molecule has 0 aliphatic rings. The molecule has 3 nitrogen and oxygen atoms in total. The SMILES string of the molecule is COc1ccc(COCCCCCCCC#CCO)cc1. The van der Waals surface area contributed by atoms with Crippen LogP contribution >= 0.6 is 0 Å². The summed E-state index contributed by atoms with van der Waals surface area (Å²) in [6.45, 7) is 1.46. The summed E-state index contributed by atoms with van der Waals surface area (Å²) in [7, 11) is 1.67. The molecule has 0 heterocycles. The number of hydrogen-bond acceptors (Lipinski definition) is 3. The number of aliphatic hydroxyl groups is 1. The first-order chi connectivity index (χ1) is 10.4. The van der Waals surface area contributed by atoms with Crippen molar-refractivity contribution in [2.24, 2.45) is 0 Å². The Morgan fingerprint density at radius 3 is 2.38 bits per heavy atom. The van der Waals surface area contributed by atoms with E-state index in [-0.39, 0.29) is 6.61 Å². The third-order valence-electron chi connectivity index (χ3n) is 3.22. The van der Waals surface area contributed by atoms with Crippen LogP contribution in [-0.2, 0) is 11.3 Å². The Morgan fingerprint density at radius 1 is 0.952 bits per heavy atom. The van der Waals surface area contributed by atoms with Gasteiger partial charge in [-0.05, 0) is 30.5 Å². The Hall–Kier alpha value is -1.50. The molecule has 0 radical (unpaired) electrons. The van der Waals surface area contributed by atoms with Crippen LogP contribution in [-0.4, -0.2) is 25.4 Å². The molecule has 116 valence electrons. The van der Waals surface area contributed by atoms with Gasteiger partial charge < -0.3 is 14.6 Å². The first kappa shape index (κ1) is 17.6. The van der Waals surface area contributed by atoms with E-state index >= 15 is 0 Å². The molecule has 1 aromatic rings. The second-order valence-electron chi connectivity index (χ2n) is 4.93. The number of ether oxygens (including phenoxy) is 2. The molecule has 0 bridgehead atoms. The van der Waals surface area contributed by atoms with E-state index in [4.69, 9.17) is 14.6 Å². The highest BCUT2D eigenvalue weighted by atomic mass is 16.5. The van der Waals surface area contributed by atoms with Crippen LogP contribution in [0.5, 0.6) is 5.75 Å². The Balaban J connectivity index is 1.92. The fourth-order valence-electron chi connectivity index (χ4n) is 2.00. The van der Waals surface area contributed by atoms with Crippen molar-refractivity contribution in [3.8, 4) is 17.6 Å². The minimum absolute atomic E-state index is 0.0223. The highest BCUT2D eigenvalue weighted by Gasteiger charge is 1.95. The van der Waals surface area contributed by atoms with Crippen LogP contribution in [0.3, 0.4) is 0 Å². The lowest BCUT2D eigenvalue weighted by atomic mass is 10.1. The van der Waals surface area contributed by atoms with Crippen LogP contribution < -0.4 is 4.74 Å². The molecule has 0 aromatic heterocycles. The summed E-state index contributed by atoms with van der Waals surface area (Å²) < 4.78 is 10.8. The quantitative estimate of drug-likeness (QED) is 0.529. The summed E-state index contributed by atoms with van der Waals surface area (Å²) >= 11 is 0. The van der Waals surface area contributed by atoms with Gasteiger partial charge in [0.05, 0.1) is 13.7 Å². The van der Waals surface area contributed by atoms with Crippen molar-refractivity contribution in [2.75, 3.05) is 20.3 Å². The molecule has 1 rings (SSSR count). The summed E-state index contributed by atoms with van der Waals surface area (Å²) in [5.41, 5.74) is 1.18. The van der Waals surface area contributed by atoms with Gasteiger partial charge in [0, 0.05) is 13.0 Å². The molecule has 21 heavy (non-hydrogen) atoms. The minimum Gasteiger partial charge on any atom is -0.497 e. The van der Waals surface area contributed by atoms with Crippen molar-refractivity contribution >= 4 is 0 Å². The molecule has 1 aromatic carbocycles. The van der Waals surface area contributed by atoms with E-state index in [2.05, 4.69) is 11.8 Å². The number of hydrogen-bond donors (Lipinski definition) is 1. The summed E-state index contributed by atoms with van der Waals surface area (Å²) in [6, 6.07) is 7.98.